The minimum Gasteiger partial charge on any atom is -0.193 e. The van der Waals surface area contributed by atoms with E-state index in [1.54, 1.807) is 6.08 Å². The van der Waals surface area contributed by atoms with E-state index < -0.39 is 0 Å². The average Bonchev–Trinajstić information content (AvgIpc) is 2.28. The lowest BCUT2D eigenvalue weighted by molar-refractivity contribution is 1.54. The van der Waals surface area contributed by atoms with Crippen molar-refractivity contribution in [2.75, 3.05) is 0 Å². The molecule has 1 nitrogen and oxygen atoms in total. The molecule has 0 N–H and O–H groups in total. The van der Waals surface area contributed by atoms with Crippen LogP contribution in [0.15, 0.2) is 16.6 Å². The van der Waals surface area contributed by atoms with Crippen molar-refractivity contribution in [3.8, 4) is 6.07 Å². The largest absolute Gasteiger partial charge is 0.193 e. The zero-order chi connectivity index (χ0) is 8.27. The Morgan fingerprint density at radius 3 is 2.91 bits per heavy atom. The first-order valence-electron chi connectivity index (χ1n) is 2.75. The van der Waals surface area contributed by atoms with E-state index in [0.717, 1.165) is 9.35 Å². The fourth-order valence-electron chi connectivity index (χ4n) is 0.565. The number of rotatable bonds is 1. The van der Waals surface area contributed by atoms with E-state index in [0.29, 0.717) is 4.34 Å². The van der Waals surface area contributed by atoms with Crippen LogP contribution in [-0.4, -0.2) is 0 Å². The van der Waals surface area contributed by atoms with Crippen molar-refractivity contribution in [2.45, 2.75) is 0 Å². The van der Waals surface area contributed by atoms with Crippen LogP contribution in [0.5, 0.6) is 0 Å². The summed E-state index contributed by atoms with van der Waals surface area (Å²) in [6.45, 7) is 0. The Balaban J connectivity index is 2.91. The van der Waals surface area contributed by atoms with Crippen LogP contribution in [0.1, 0.15) is 4.88 Å². The van der Waals surface area contributed by atoms with Crippen molar-refractivity contribution in [1.82, 2.24) is 0 Å². The van der Waals surface area contributed by atoms with Gasteiger partial charge in [0.2, 0.25) is 0 Å². The van der Waals surface area contributed by atoms with Gasteiger partial charge in [0.05, 0.1) is 6.07 Å². The molecular formula is C7H3BrClNS. The zero-order valence-corrected chi connectivity index (χ0v) is 8.50. The van der Waals surface area contributed by atoms with Crippen LogP contribution in [0.2, 0.25) is 4.34 Å². The van der Waals surface area contributed by atoms with Crippen LogP contribution in [0.25, 0.3) is 6.08 Å². The molecule has 0 aliphatic carbocycles. The molecule has 4 heteroatoms. The number of hydrogen-bond acceptors (Lipinski definition) is 2. The summed E-state index contributed by atoms with van der Waals surface area (Å²) in [6.07, 6.45) is 3.15. The van der Waals surface area contributed by atoms with Crippen molar-refractivity contribution in [2.24, 2.45) is 0 Å². The van der Waals surface area contributed by atoms with Crippen LogP contribution < -0.4 is 0 Å². The van der Waals surface area contributed by atoms with Gasteiger partial charge in [0.15, 0.2) is 0 Å². The van der Waals surface area contributed by atoms with Gasteiger partial charge in [-0.2, -0.15) is 5.26 Å². The molecule has 0 radical (unpaired) electrons. The summed E-state index contributed by atoms with van der Waals surface area (Å²) in [5, 5.41) is 8.23. The standard InChI is InChI=1S/C7H3BrClNS/c8-6-4-5(2-1-3-10)11-7(6)9/h1-2,4H/b2-1+. The summed E-state index contributed by atoms with van der Waals surface area (Å²) >= 11 is 10.5. The molecule has 56 valence electrons. The molecule has 0 bridgehead atoms. The highest BCUT2D eigenvalue weighted by Gasteiger charge is 2.00. The molecule has 0 unspecified atom stereocenters. The topological polar surface area (TPSA) is 23.8 Å². The first-order chi connectivity index (χ1) is 5.24. The summed E-state index contributed by atoms with van der Waals surface area (Å²) in [4.78, 5) is 0.975. The Hall–Kier alpha value is -0.300. The van der Waals surface area contributed by atoms with E-state index in [2.05, 4.69) is 15.9 Å². The molecule has 0 aliphatic heterocycles. The Kier molecular flexibility index (Phi) is 3.13. The van der Waals surface area contributed by atoms with Gasteiger partial charge >= 0.3 is 0 Å². The highest BCUT2D eigenvalue weighted by Crippen LogP contribution is 2.32. The molecular weight excluding hydrogens is 246 g/mol. The monoisotopic (exact) mass is 247 g/mol. The number of nitrogens with zero attached hydrogens (tertiary/aromatic N) is 1. The van der Waals surface area contributed by atoms with Crippen LogP contribution in [-0.2, 0) is 0 Å². The third kappa shape index (κ3) is 2.33. The summed E-state index contributed by atoms with van der Waals surface area (Å²) in [5.74, 6) is 0. The molecule has 0 saturated carbocycles. The SMILES string of the molecule is N#C/C=C/c1cc(Br)c(Cl)s1. The van der Waals surface area contributed by atoms with Crippen LogP contribution in [0.3, 0.4) is 0 Å². The lowest BCUT2D eigenvalue weighted by Crippen LogP contribution is -1.53. The number of allylic oxidation sites excluding steroid dienone is 1. The van der Waals surface area contributed by atoms with E-state index in [-0.39, 0.29) is 0 Å². The molecule has 0 aromatic carbocycles. The lowest BCUT2D eigenvalue weighted by Gasteiger charge is -1.75. The molecule has 1 rings (SSSR count). The van der Waals surface area contributed by atoms with E-state index in [1.165, 1.54) is 17.4 Å². The van der Waals surface area contributed by atoms with Gasteiger partial charge in [0.1, 0.15) is 4.34 Å². The maximum Gasteiger partial charge on any atom is 0.108 e. The fraction of sp³-hybridized carbons (Fsp3) is 0. The highest BCUT2D eigenvalue weighted by atomic mass is 79.9. The Morgan fingerprint density at radius 2 is 2.45 bits per heavy atom. The zero-order valence-electron chi connectivity index (χ0n) is 5.34. The molecule has 0 spiro atoms. The molecule has 0 fully saturated rings. The van der Waals surface area contributed by atoms with Gasteiger partial charge in [0, 0.05) is 15.4 Å². The van der Waals surface area contributed by atoms with E-state index >= 15 is 0 Å². The molecule has 0 aliphatic rings. The quantitative estimate of drug-likeness (QED) is 0.695. The number of nitriles is 1. The van der Waals surface area contributed by atoms with Gasteiger partial charge in [-0.3, -0.25) is 0 Å². The molecule has 0 amide bonds. The first kappa shape index (κ1) is 8.79. The fourth-order valence-corrected chi connectivity index (χ4v) is 2.20. The number of hydrogen-bond donors (Lipinski definition) is 0. The van der Waals surface area contributed by atoms with Gasteiger partial charge in [-0.15, -0.1) is 11.3 Å². The van der Waals surface area contributed by atoms with Gasteiger partial charge in [-0.05, 0) is 28.1 Å². The van der Waals surface area contributed by atoms with Crippen molar-refractivity contribution in [1.29, 1.82) is 5.26 Å². The molecule has 1 heterocycles. The number of halogens is 2. The summed E-state index contributed by atoms with van der Waals surface area (Å²) < 4.78 is 1.59. The predicted octanol–water partition coefficient (Wildman–Crippen LogP) is 3.70. The van der Waals surface area contributed by atoms with Crippen molar-refractivity contribution >= 4 is 44.9 Å². The van der Waals surface area contributed by atoms with Crippen molar-refractivity contribution < 1.29 is 0 Å². The first-order valence-corrected chi connectivity index (χ1v) is 4.74. The van der Waals surface area contributed by atoms with Gasteiger partial charge in [0.25, 0.3) is 0 Å². The third-order valence-corrected chi connectivity index (χ3v) is 3.43. The predicted molar refractivity (Wildman–Crippen MR) is 51.7 cm³/mol. The van der Waals surface area contributed by atoms with Crippen molar-refractivity contribution in [3.05, 3.63) is 25.8 Å². The average molecular weight is 249 g/mol. The van der Waals surface area contributed by atoms with Gasteiger partial charge in [-0.25, -0.2) is 0 Å². The Morgan fingerprint density at radius 1 is 1.73 bits per heavy atom. The molecule has 0 atom stereocenters. The number of thiophene rings is 1. The minimum absolute atomic E-state index is 0.711. The van der Waals surface area contributed by atoms with Crippen LogP contribution in [0.4, 0.5) is 0 Å². The maximum absolute atomic E-state index is 8.23. The molecule has 11 heavy (non-hydrogen) atoms. The summed E-state index contributed by atoms with van der Waals surface area (Å²) in [5.41, 5.74) is 0. The minimum atomic E-state index is 0.711. The van der Waals surface area contributed by atoms with Crippen molar-refractivity contribution in [3.63, 3.8) is 0 Å². The highest BCUT2D eigenvalue weighted by molar-refractivity contribution is 9.10. The Bertz CT molecular complexity index is 304. The second-order valence-corrected chi connectivity index (χ2v) is 4.27. The van der Waals surface area contributed by atoms with E-state index in [1.807, 2.05) is 12.1 Å². The molecule has 1 aromatic heterocycles. The van der Waals surface area contributed by atoms with Crippen LogP contribution >= 0.6 is 38.9 Å². The Labute approximate surface area is 82.0 Å². The molecule has 0 saturated heterocycles. The van der Waals surface area contributed by atoms with Gasteiger partial charge < -0.3 is 0 Å². The normalized spacial score (nSPS) is 10.3. The van der Waals surface area contributed by atoms with E-state index in [4.69, 9.17) is 16.9 Å². The smallest absolute Gasteiger partial charge is 0.108 e. The van der Waals surface area contributed by atoms with Gasteiger partial charge in [-0.1, -0.05) is 11.6 Å². The maximum atomic E-state index is 8.23. The van der Waals surface area contributed by atoms with Crippen LogP contribution in [0, 0.1) is 11.3 Å². The lowest BCUT2D eigenvalue weighted by atomic mass is 10.4. The summed E-state index contributed by atoms with van der Waals surface area (Å²) in [6, 6.07) is 3.79. The second kappa shape index (κ2) is 3.91. The second-order valence-electron chi connectivity index (χ2n) is 1.73. The molecule has 1 aromatic rings. The summed E-state index contributed by atoms with van der Waals surface area (Å²) in [7, 11) is 0. The third-order valence-electron chi connectivity index (χ3n) is 0.986. The van der Waals surface area contributed by atoms with E-state index in [9.17, 15) is 0 Å².